The van der Waals surface area contributed by atoms with Gasteiger partial charge < -0.3 is 15.2 Å². The van der Waals surface area contributed by atoms with Crippen molar-refractivity contribution < 1.29 is 32.6 Å². The fraction of sp³-hybridized carbons (Fsp3) is 0.364. The monoisotopic (exact) mass is 436 g/mol. The number of nitrogens with zero attached hydrogens (tertiary/aromatic N) is 1. The van der Waals surface area contributed by atoms with Crippen molar-refractivity contribution in [3.8, 4) is 5.75 Å². The normalized spacial score (nSPS) is 19.6. The van der Waals surface area contributed by atoms with Crippen LogP contribution in [0.2, 0.25) is 0 Å². The van der Waals surface area contributed by atoms with Crippen LogP contribution >= 0.6 is 0 Å². The van der Waals surface area contributed by atoms with E-state index in [2.05, 4.69) is 5.32 Å². The Hall–Kier alpha value is -3.07. The molecule has 1 aliphatic rings. The van der Waals surface area contributed by atoms with E-state index in [1.54, 1.807) is 0 Å². The van der Waals surface area contributed by atoms with E-state index in [4.69, 9.17) is 4.74 Å². The molecule has 2 N–H and O–H groups in total. The lowest BCUT2D eigenvalue weighted by molar-refractivity contribution is -0.151. The molecule has 0 spiro atoms. The van der Waals surface area contributed by atoms with Crippen molar-refractivity contribution in [2.24, 2.45) is 0 Å². The average Bonchev–Trinajstić information content (AvgIpc) is 2.73. The summed E-state index contributed by atoms with van der Waals surface area (Å²) in [6.07, 6.45) is -3.59. The number of nitrogens with one attached hydrogen (secondary N) is 1. The maximum Gasteiger partial charge on any atom is 0.416 e. The number of alkyl halides is 3. The Morgan fingerprint density at radius 1 is 1.10 bits per heavy atom. The zero-order chi connectivity index (χ0) is 22.5. The van der Waals surface area contributed by atoms with Gasteiger partial charge in [0.05, 0.1) is 5.56 Å². The van der Waals surface area contributed by atoms with Crippen LogP contribution in [-0.4, -0.2) is 47.1 Å². The molecule has 0 unspecified atom stereocenters. The van der Waals surface area contributed by atoms with E-state index < -0.39 is 35.8 Å². The lowest BCUT2D eigenvalue weighted by Crippen LogP contribution is -2.63. The van der Waals surface area contributed by atoms with E-state index in [0.717, 1.165) is 29.8 Å². The fourth-order valence-electron chi connectivity index (χ4n) is 3.64. The molecule has 0 aromatic heterocycles. The van der Waals surface area contributed by atoms with Gasteiger partial charge in [-0.15, -0.1) is 0 Å². The first-order chi connectivity index (χ1) is 14.7. The minimum Gasteiger partial charge on any atom is -0.484 e. The van der Waals surface area contributed by atoms with E-state index in [1.165, 1.54) is 0 Å². The maximum atomic E-state index is 12.6. The number of rotatable bonds is 7. The summed E-state index contributed by atoms with van der Waals surface area (Å²) >= 11 is 0. The quantitative estimate of drug-likeness (QED) is 0.696. The van der Waals surface area contributed by atoms with Gasteiger partial charge in [0.1, 0.15) is 5.75 Å². The van der Waals surface area contributed by atoms with Crippen LogP contribution in [0.25, 0.3) is 0 Å². The molecule has 0 saturated carbocycles. The Kier molecular flexibility index (Phi) is 6.84. The molecule has 9 heteroatoms. The van der Waals surface area contributed by atoms with E-state index in [9.17, 15) is 27.9 Å². The highest BCUT2D eigenvalue weighted by atomic mass is 19.4. The number of hydrogen-bond donors (Lipinski definition) is 2. The second kappa shape index (κ2) is 9.38. The molecule has 31 heavy (non-hydrogen) atoms. The molecular weight excluding hydrogens is 413 g/mol. The van der Waals surface area contributed by atoms with Crippen LogP contribution in [0.4, 0.5) is 13.2 Å². The van der Waals surface area contributed by atoms with Gasteiger partial charge in [-0.25, -0.2) is 4.79 Å². The Morgan fingerprint density at radius 2 is 1.77 bits per heavy atom. The number of halogens is 3. The van der Waals surface area contributed by atoms with Crippen LogP contribution in [0.5, 0.6) is 5.75 Å². The molecule has 6 nitrogen and oxygen atoms in total. The van der Waals surface area contributed by atoms with Gasteiger partial charge in [0.25, 0.3) is 5.91 Å². The second-order valence-corrected chi connectivity index (χ2v) is 7.55. The van der Waals surface area contributed by atoms with Crippen LogP contribution in [-0.2, 0) is 22.3 Å². The first-order valence-electron chi connectivity index (χ1n) is 9.79. The second-order valence-electron chi connectivity index (χ2n) is 7.55. The number of ether oxygens (including phenoxy) is 1. The predicted molar refractivity (Wildman–Crippen MR) is 106 cm³/mol. The third kappa shape index (κ3) is 5.97. The summed E-state index contributed by atoms with van der Waals surface area (Å²) in [6, 6.07) is 13.6. The van der Waals surface area contributed by atoms with Crippen LogP contribution in [0.3, 0.4) is 0 Å². The zero-order valence-corrected chi connectivity index (χ0v) is 16.7. The maximum absolute atomic E-state index is 12.6. The average molecular weight is 436 g/mol. The highest BCUT2D eigenvalue weighted by Crippen LogP contribution is 2.30. The van der Waals surface area contributed by atoms with Crippen LogP contribution in [0.15, 0.2) is 54.6 Å². The number of likely N-dealkylation sites (tertiary alicyclic amines) is 1. The number of aliphatic carboxylic acids is 1. The molecule has 1 heterocycles. The number of carboxylic acids is 1. The molecule has 1 aliphatic heterocycles. The highest BCUT2D eigenvalue weighted by Gasteiger charge is 2.43. The molecule has 0 bridgehead atoms. The van der Waals surface area contributed by atoms with Gasteiger partial charge in [-0.1, -0.05) is 30.3 Å². The molecule has 166 valence electrons. The minimum atomic E-state index is -4.46. The van der Waals surface area contributed by atoms with E-state index >= 15 is 0 Å². The summed E-state index contributed by atoms with van der Waals surface area (Å²) in [5.41, 5.74) is -1.23. The largest absolute Gasteiger partial charge is 0.484 e. The van der Waals surface area contributed by atoms with Gasteiger partial charge in [-0.3, -0.25) is 9.69 Å². The number of benzene rings is 2. The third-order valence-electron chi connectivity index (χ3n) is 5.16. The van der Waals surface area contributed by atoms with Crippen LogP contribution in [0.1, 0.15) is 24.0 Å². The Labute approximate surface area is 177 Å². The van der Waals surface area contributed by atoms with Crippen molar-refractivity contribution in [2.45, 2.75) is 31.1 Å². The molecule has 1 amide bonds. The standard InChI is InChI=1S/C22H23F3N2O4/c23-22(24,25)17-7-9-18(10-8-17)31-14-19(28)26-21(20(29)30)11-4-12-27(15-21)13-16-5-2-1-3-6-16/h1-3,5-10H,4,11-15H2,(H,26,28)(H,29,30)/t21-/m0/s1. The number of carbonyl (C=O) groups excluding carboxylic acids is 1. The number of hydrogen-bond acceptors (Lipinski definition) is 4. The molecule has 3 rings (SSSR count). The van der Waals surface area contributed by atoms with Crippen molar-refractivity contribution in [3.63, 3.8) is 0 Å². The highest BCUT2D eigenvalue weighted by molar-refractivity contribution is 5.88. The van der Waals surface area contributed by atoms with Gasteiger partial charge in [0, 0.05) is 13.1 Å². The first kappa shape index (κ1) is 22.6. The molecule has 1 atom stereocenters. The van der Waals surface area contributed by atoms with Crippen molar-refractivity contribution in [3.05, 3.63) is 65.7 Å². The third-order valence-corrected chi connectivity index (χ3v) is 5.16. The summed E-state index contributed by atoms with van der Waals surface area (Å²) < 4.78 is 43.1. The predicted octanol–water partition coefficient (Wildman–Crippen LogP) is 3.32. The lowest BCUT2D eigenvalue weighted by atomic mass is 9.88. The first-order valence-corrected chi connectivity index (χ1v) is 9.79. The molecule has 1 saturated heterocycles. The SMILES string of the molecule is O=C(COc1ccc(C(F)(F)F)cc1)N[C@@]1(C(=O)O)CCCN(Cc2ccccc2)C1. The van der Waals surface area contributed by atoms with Crippen molar-refractivity contribution >= 4 is 11.9 Å². The van der Waals surface area contributed by atoms with E-state index in [1.807, 2.05) is 35.2 Å². The zero-order valence-electron chi connectivity index (χ0n) is 16.7. The van der Waals surface area contributed by atoms with Gasteiger partial charge in [0.15, 0.2) is 12.1 Å². The Balaban J connectivity index is 1.59. The molecule has 0 radical (unpaired) electrons. The number of carboxylic acid groups (broad SMARTS) is 1. The van der Waals surface area contributed by atoms with Gasteiger partial charge in [0.2, 0.25) is 0 Å². The molecule has 0 aliphatic carbocycles. The summed E-state index contributed by atoms with van der Waals surface area (Å²) in [5, 5.41) is 12.4. The van der Waals surface area contributed by atoms with Crippen LogP contribution in [0, 0.1) is 0 Å². The number of carbonyl (C=O) groups is 2. The molecule has 1 fully saturated rings. The Bertz CT molecular complexity index is 903. The Morgan fingerprint density at radius 3 is 2.39 bits per heavy atom. The lowest BCUT2D eigenvalue weighted by Gasteiger charge is -2.40. The van der Waals surface area contributed by atoms with Crippen molar-refractivity contribution in [2.75, 3.05) is 19.7 Å². The van der Waals surface area contributed by atoms with Crippen LogP contribution < -0.4 is 10.1 Å². The van der Waals surface area contributed by atoms with Crippen molar-refractivity contribution in [1.29, 1.82) is 0 Å². The van der Waals surface area contributed by atoms with Crippen molar-refractivity contribution in [1.82, 2.24) is 10.2 Å². The summed E-state index contributed by atoms with van der Waals surface area (Å²) in [5.74, 6) is -1.70. The smallest absolute Gasteiger partial charge is 0.416 e. The van der Waals surface area contributed by atoms with Gasteiger partial charge in [-0.2, -0.15) is 13.2 Å². The number of piperidine rings is 1. The number of amides is 1. The molecule has 2 aromatic rings. The van der Waals surface area contributed by atoms with E-state index in [0.29, 0.717) is 19.5 Å². The molecule has 2 aromatic carbocycles. The summed E-state index contributed by atoms with van der Waals surface area (Å²) in [4.78, 5) is 26.4. The van der Waals surface area contributed by atoms with Gasteiger partial charge >= 0.3 is 12.1 Å². The minimum absolute atomic E-state index is 0.0851. The van der Waals surface area contributed by atoms with E-state index in [-0.39, 0.29) is 18.7 Å². The molecular formula is C22H23F3N2O4. The summed E-state index contributed by atoms with van der Waals surface area (Å²) in [6.45, 7) is 0.915. The summed E-state index contributed by atoms with van der Waals surface area (Å²) in [7, 11) is 0. The topological polar surface area (TPSA) is 78.9 Å². The fourth-order valence-corrected chi connectivity index (χ4v) is 3.64. The van der Waals surface area contributed by atoms with Gasteiger partial charge in [-0.05, 0) is 49.2 Å².